The molecule has 0 saturated carbocycles. The predicted octanol–water partition coefficient (Wildman–Crippen LogP) is 3.85. The van der Waals surface area contributed by atoms with E-state index in [9.17, 15) is 14.9 Å². The van der Waals surface area contributed by atoms with Crippen molar-refractivity contribution in [3.8, 4) is 11.5 Å². The first-order valence-electron chi connectivity index (χ1n) is 6.65. The summed E-state index contributed by atoms with van der Waals surface area (Å²) in [4.78, 5) is 22.3. The molecule has 0 spiro atoms. The standard InChI is InChI=1S/C15H9ClN2O6/c16-9-3-4-11(12(6-9)18(20)21)15(19)23-8-10-7-14(24-17-10)13-2-1-5-22-13/h1-7H,8H2. The Morgan fingerprint density at radius 2 is 2.12 bits per heavy atom. The van der Waals surface area contributed by atoms with Gasteiger partial charge in [0.25, 0.3) is 5.69 Å². The van der Waals surface area contributed by atoms with E-state index in [1.54, 1.807) is 18.2 Å². The summed E-state index contributed by atoms with van der Waals surface area (Å²) in [7, 11) is 0. The largest absolute Gasteiger partial charge is 0.461 e. The quantitative estimate of drug-likeness (QED) is 0.391. The molecule has 0 amide bonds. The topological polar surface area (TPSA) is 109 Å². The number of nitro groups is 1. The van der Waals surface area contributed by atoms with Gasteiger partial charge in [0.15, 0.2) is 5.76 Å². The number of ether oxygens (including phenoxy) is 1. The first-order valence-corrected chi connectivity index (χ1v) is 7.03. The van der Waals surface area contributed by atoms with Gasteiger partial charge >= 0.3 is 5.97 Å². The minimum atomic E-state index is -0.860. The number of carbonyl (C=O) groups excluding carboxylic acids is 1. The van der Waals surface area contributed by atoms with Gasteiger partial charge in [-0.3, -0.25) is 10.1 Å². The van der Waals surface area contributed by atoms with Crippen molar-refractivity contribution in [3.05, 3.63) is 69.1 Å². The molecule has 24 heavy (non-hydrogen) atoms. The summed E-state index contributed by atoms with van der Waals surface area (Å²) >= 11 is 5.70. The van der Waals surface area contributed by atoms with Crippen molar-refractivity contribution in [1.82, 2.24) is 5.16 Å². The van der Waals surface area contributed by atoms with Gasteiger partial charge in [-0.05, 0) is 24.3 Å². The Bertz CT molecular complexity index is 887. The van der Waals surface area contributed by atoms with Crippen LogP contribution in [0, 0.1) is 10.1 Å². The number of carbonyl (C=O) groups is 1. The average Bonchev–Trinajstić information content (AvgIpc) is 3.23. The number of esters is 1. The summed E-state index contributed by atoms with van der Waals surface area (Å²) in [5.41, 5.74) is -0.283. The number of hydrogen-bond acceptors (Lipinski definition) is 7. The van der Waals surface area contributed by atoms with Crippen LogP contribution >= 0.6 is 11.6 Å². The van der Waals surface area contributed by atoms with Crippen LogP contribution in [0.25, 0.3) is 11.5 Å². The summed E-state index contributed by atoms with van der Waals surface area (Å²) in [5.74, 6) is -0.00199. The number of hydrogen-bond donors (Lipinski definition) is 0. The van der Waals surface area contributed by atoms with Crippen LogP contribution in [-0.4, -0.2) is 16.0 Å². The van der Waals surface area contributed by atoms with Gasteiger partial charge in [0.2, 0.25) is 5.76 Å². The summed E-state index contributed by atoms with van der Waals surface area (Å²) in [6.07, 6.45) is 1.48. The maximum absolute atomic E-state index is 12.0. The maximum Gasteiger partial charge on any atom is 0.345 e. The number of rotatable bonds is 5. The van der Waals surface area contributed by atoms with Crippen LogP contribution in [0.5, 0.6) is 0 Å². The molecule has 0 unspecified atom stereocenters. The van der Waals surface area contributed by atoms with Crippen LogP contribution in [0.1, 0.15) is 16.1 Å². The van der Waals surface area contributed by atoms with Crippen LogP contribution < -0.4 is 0 Å². The third-order valence-electron chi connectivity index (χ3n) is 3.05. The van der Waals surface area contributed by atoms with Crippen molar-refractivity contribution in [3.63, 3.8) is 0 Å². The molecule has 0 aliphatic carbocycles. The first kappa shape index (κ1) is 15.8. The zero-order valence-electron chi connectivity index (χ0n) is 12.0. The Hall–Kier alpha value is -3.13. The molecule has 0 atom stereocenters. The van der Waals surface area contributed by atoms with E-state index in [0.29, 0.717) is 17.2 Å². The lowest BCUT2D eigenvalue weighted by molar-refractivity contribution is -0.385. The van der Waals surface area contributed by atoms with E-state index in [-0.39, 0.29) is 17.2 Å². The van der Waals surface area contributed by atoms with Gasteiger partial charge in [-0.2, -0.15) is 0 Å². The Kier molecular flexibility index (Phi) is 4.30. The van der Waals surface area contributed by atoms with E-state index in [2.05, 4.69) is 5.16 Å². The first-order chi connectivity index (χ1) is 11.5. The van der Waals surface area contributed by atoms with Crippen LogP contribution in [0.4, 0.5) is 5.69 Å². The average molecular weight is 349 g/mol. The summed E-state index contributed by atoms with van der Waals surface area (Å²) < 4.78 is 15.3. The van der Waals surface area contributed by atoms with Crippen molar-refractivity contribution in [2.45, 2.75) is 6.61 Å². The van der Waals surface area contributed by atoms with E-state index in [4.69, 9.17) is 25.3 Å². The Morgan fingerprint density at radius 3 is 2.83 bits per heavy atom. The normalized spacial score (nSPS) is 10.5. The Morgan fingerprint density at radius 1 is 1.29 bits per heavy atom. The molecule has 0 bridgehead atoms. The van der Waals surface area contributed by atoms with E-state index < -0.39 is 16.6 Å². The van der Waals surface area contributed by atoms with Gasteiger partial charge in [-0.15, -0.1) is 0 Å². The molecule has 9 heteroatoms. The van der Waals surface area contributed by atoms with Crippen molar-refractivity contribution >= 4 is 23.3 Å². The highest BCUT2D eigenvalue weighted by molar-refractivity contribution is 6.31. The lowest BCUT2D eigenvalue weighted by Gasteiger charge is -2.03. The van der Waals surface area contributed by atoms with Crippen molar-refractivity contribution in [2.24, 2.45) is 0 Å². The minimum Gasteiger partial charge on any atom is -0.461 e. The second-order valence-corrected chi connectivity index (χ2v) is 5.09. The number of aromatic nitrogens is 1. The molecule has 0 radical (unpaired) electrons. The van der Waals surface area contributed by atoms with Gasteiger partial charge in [0, 0.05) is 17.2 Å². The van der Waals surface area contributed by atoms with Crippen molar-refractivity contribution in [2.75, 3.05) is 0 Å². The number of nitrogens with zero attached hydrogens (tertiary/aromatic N) is 2. The van der Waals surface area contributed by atoms with E-state index in [1.165, 1.54) is 18.4 Å². The summed E-state index contributed by atoms with van der Waals surface area (Å²) in [6, 6.07) is 8.62. The maximum atomic E-state index is 12.0. The van der Waals surface area contributed by atoms with E-state index in [0.717, 1.165) is 6.07 Å². The smallest absolute Gasteiger partial charge is 0.345 e. The number of benzene rings is 1. The molecule has 8 nitrogen and oxygen atoms in total. The molecule has 3 rings (SSSR count). The molecule has 0 aliphatic rings. The van der Waals surface area contributed by atoms with E-state index in [1.807, 2.05) is 0 Å². The Balaban J connectivity index is 1.71. The molecule has 0 aliphatic heterocycles. The fourth-order valence-corrected chi connectivity index (χ4v) is 2.13. The van der Waals surface area contributed by atoms with Gasteiger partial charge in [-0.1, -0.05) is 16.8 Å². The summed E-state index contributed by atoms with van der Waals surface area (Å²) in [5, 5.41) is 14.9. The zero-order valence-corrected chi connectivity index (χ0v) is 12.7. The molecule has 0 saturated heterocycles. The second kappa shape index (κ2) is 6.55. The molecule has 2 aromatic heterocycles. The second-order valence-electron chi connectivity index (χ2n) is 4.65. The highest BCUT2D eigenvalue weighted by atomic mass is 35.5. The summed E-state index contributed by atoms with van der Waals surface area (Å²) in [6.45, 7) is -0.206. The highest BCUT2D eigenvalue weighted by Crippen LogP contribution is 2.25. The lowest BCUT2D eigenvalue weighted by Crippen LogP contribution is -2.08. The molecule has 0 N–H and O–H groups in total. The van der Waals surface area contributed by atoms with Gasteiger partial charge in [0.05, 0.1) is 11.2 Å². The molecular weight excluding hydrogens is 340 g/mol. The predicted molar refractivity (Wildman–Crippen MR) is 81.4 cm³/mol. The SMILES string of the molecule is O=C(OCc1cc(-c2ccco2)on1)c1ccc(Cl)cc1[N+](=O)[O-]. The van der Waals surface area contributed by atoms with Crippen LogP contribution in [-0.2, 0) is 11.3 Å². The van der Waals surface area contributed by atoms with Gasteiger partial charge in [0.1, 0.15) is 17.9 Å². The fourth-order valence-electron chi connectivity index (χ4n) is 1.96. The number of halogens is 1. The van der Waals surface area contributed by atoms with E-state index >= 15 is 0 Å². The molecule has 0 fully saturated rings. The molecule has 3 aromatic rings. The third-order valence-corrected chi connectivity index (χ3v) is 3.29. The molecule has 1 aromatic carbocycles. The minimum absolute atomic E-state index is 0.151. The monoisotopic (exact) mass is 348 g/mol. The van der Waals surface area contributed by atoms with Crippen molar-refractivity contribution in [1.29, 1.82) is 0 Å². The number of nitro benzene ring substituents is 1. The highest BCUT2D eigenvalue weighted by Gasteiger charge is 2.22. The zero-order chi connectivity index (χ0) is 17.1. The van der Waals surface area contributed by atoms with Gasteiger partial charge < -0.3 is 13.7 Å². The molecule has 2 heterocycles. The van der Waals surface area contributed by atoms with Crippen LogP contribution in [0.15, 0.2) is 51.6 Å². The third kappa shape index (κ3) is 3.28. The van der Waals surface area contributed by atoms with Crippen LogP contribution in [0.2, 0.25) is 5.02 Å². The van der Waals surface area contributed by atoms with Crippen molar-refractivity contribution < 1.29 is 23.4 Å². The number of furan rings is 1. The van der Waals surface area contributed by atoms with Gasteiger partial charge in [-0.25, -0.2) is 4.79 Å². The molecule has 122 valence electrons. The lowest BCUT2D eigenvalue weighted by atomic mass is 10.2. The fraction of sp³-hybridized carbons (Fsp3) is 0.0667. The Labute approximate surface area is 139 Å². The van der Waals surface area contributed by atoms with Crippen LogP contribution in [0.3, 0.4) is 0 Å². The molecular formula is C15H9ClN2O6.